The van der Waals surface area contributed by atoms with Crippen molar-refractivity contribution in [2.24, 2.45) is 5.10 Å². The number of hydrogen-bond donors (Lipinski definition) is 2. The lowest BCUT2D eigenvalue weighted by molar-refractivity contribution is -0.121. The van der Waals surface area contributed by atoms with Gasteiger partial charge in [0.1, 0.15) is 5.75 Å². The molecule has 0 saturated heterocycles. The number of amides is 1. The summed E-state index contributed by atoms with van der Waals surface area (Å²) in [6, 6.07) is 16.7. The molecule has 1 amide bonds. The standard InChI is InChI=1S/C18H20N2O3/c1-23-17-10-6-5-9-15(17)13-19-20-18(22)12-11-16(21)14-7-3-2-4-8-14/h2-10,13,16,21H,11-12H2,1H3,(H,20,22)/b19-13-/t16-/m0/s1. The number of nitrogens with zero attached hydrogens (tertiary/aromatic N) is 1. The van der Waals surface area contributed by atoms with Gasteiger partial charge >= 0.3 is 0 Å². The number of ether oxygens (including phenoxy) is 1. The average molecular weight is 312 g/mol. The van der Waals surface area contributed by atoms with Crippen LogP contribution in [0.15, 0.2) is 59.7 Å². The first-order valence-electron chi connectivity index (χ1n) is 7.38. The van der Waals surface area contributed by atoms with Crippen molar-refractivity contribution in [3.05, 3.63) is 65.7 Å². The van der Waals surface area contributed by atoms with Gasteiger partial charge in [0.05, 0.1) is 19.4 Å². The van der Waals surface area contributed by atoms with Crippen LogP contribution in [0.25, 0.3) is 0 Å². The Morgan fingerprint density at radius 1 is 1.22 bits per heavy atom. The molecule has 0 saturated carbocycles. The fourth-order valence-electron chi connectivity index (χ4n) is 2.11. The van der Waals surface area contributed by atoms with Crippen LogP contribution < -0.4 is 10.2 Å². The molecule has 0 heterocycles. The number of methoxy groups -OCH3 is 1. The third-order valence-corrected chi connectivity index (χ3v) is 3.36. The summed E-state index contributed by atoms with van der Waals surface area (Å²) in [6.45, 7) is 0. The van der Waals surface area contributed by atoms with E-state index >= 15 is 0 Å². The van der Waals surface area contributed by atoms with Gasteiger partial charge in [-0.1, -0.05) is 42.5 Å². The lowest BCUT2D eigenvalue weighted by atomic mass is 10.1. The maximum atomic E-state index is 11.8. The molecule has 5 nitrogen and oxygen atoms in total. The molecule has 0 unspecified atom stereocenters. The summed E-state index contributed by atoms with van der Waals surface area (Å²) in [7, 11) is 1.58. The van der Waals surface area contributed by atoms with E-state index < -0.39 is 6.10 Å². The van der Waals surface area contributed by atoms with Gasteiger partial charge in [0, 0.05) is 12.0 Å². The minimum atomic E-state index is -0.653. The van der Waals surface area contributed by atoms with Gasteiger partial charge in [-0.15, -0.1) is 0 Å². The molecule has 0 fully saturated rings. The van der Waals surface area contributed by atoms with E-state index in [0.29, 0.717) is 12.2 Å². The van der Waals surface area contributed by atoms with Crippen molar-refractivity contribution >= 4 is 12.1 Å². The predicted octanol–water partition coefficient (Wildman–Crippen LogP) is 2.66. The Labute approximate surface area is 135 Å². The molecular formula is C18H20N2O3. The highest BCUT2D eigenvalue weighted by Gasteiger charge is 2.09. The van der Waals surface area contributed by atoms with Gasteiger partial charge < -0.3 is 9.84 Å². The molecule has 0 aliphatic rings. The number of hydrogen-bond acceptors (Lipinski definition) is 4. The molecule has 2 aromatic rings. The van der Waals surface area contributed by atoms with E-state index in [0.717, 1.165) is 11.1 Å². The highest BCUT2D eigenvalue weighted by atomic mass is 16.5. The van der Waals surface area contributed by atoms with Crippen LogP contribution in [0, 0.1) is 0 Å². The fraction of sp³-hybridized carbons (Fsp3) is 0.222. The molecule has 1 atom stereocenters. The third kappa shape index (κ3) is 5.23. The maximum Gasteiger partial charge on any atom is 0.240 e. The van der Waals surface area contributed by atoms with E-state index in [9.17, 15) is 9.90 Å². The van der Waals surface area contributed by atoms with E-state index in [-0.39, 0.29) is 12.3 Å². The summed E-state index contributed by atoms with van der Waals surface area (Å²) in [5, 5.41) is 13.9. The van der Waals surface area contributed by atoms with Crippen LogP contribution in [0.1, 0.15) is 30.1 Å². The van der Waals surface area contributed by atoms with Crippen LogP contribution in [0.3, 0.4) is 0 Å². The number of hydrazone groups is 1. The molecule has 23 heavy (non-hydrogen) atoms. The van der Waals surface area contributed by atoms with Crippen LogP contribution in [0.4, 0.5) is 0 Å². The van der Waals surface area contributed by atoms with Crippen molar-refractivity contribution in [2.45, 2.75) is 18.9 Å². The zero-order chi connectivity index (χ0) is 16.5. The topological polar surface area (TPSA) is 70.9 Å². The molecule has 0 radical (unpaired) electrons. The Morgan fingerprint density at radius 2 is 1.91 bits per heavy atom. The van der Waals surface area contributed by atoms with E-state index in [2.05, 4.69) is 10.5 Å². The Bertz CT molecular complexity index is 656. The van der Waals surface area contributed by atoms with E-state index in [1.54, 1.807) is 7.11 Å². The normalized spacial score (nSPS) is 12.1. The van der Waals surface area contributed by atoms with Gasteiger partial charge in [-0.25, -0.2) is 5.43 Å². The molecule has 2 aromatic carbocycles. The van der Waals surface area contributed by atoms with Gasteiger partial charge in [0.2, 0.25) is 5.91 Å². The van der Waals surface area contributed by atoms with Crippen molar-refractivity contribution in [1.82, 2.24) is 5.43 Å². The Hall–Kier alpha value is -2.66. The van der Waals surface area contributed by atoms with E-state index in [1.807, 2.05) is 54.6 Å². The summed E-state index contributed by atoms with van der Waals surface area (Å²) >= 11 is 0. The monoisotopic (exact) mass is 312 g/mol. The second-order valence-corrected chi connectivity index (χ2v) is 5.00. The lowest BCUT2D eigenvalue weighted by Gasteiger charge is -2.09. The molecule has 0 aliphatic heterocycles. The third-order valence-electron chi connectivity index (χ3n) is 3.36. The molecule has 0 spiro atoms. The van der Waals surface area contributed by atoms with Crippen molar-refractivity contribution < 1.29 is 14.6 Å². The quantitative estimate of drug-likeness (QED) is 0.610. The number of carbonyl (C=O) groups excluding carboxylic acids is 1. The Morgan fingerprint density at radius 3 is 2.65 bits per heavy atom. The zero-order valence-corrected chi connectivity index (χ0v) is 13.0. The first kappa shape index (κ1) is 16.7. The summed E-state index contributed by atoms with van der Waals surface area (Å²) in [6.07, 6.45) is 1.42. The minimum Gasteiger partial charge on any atom is -0.496 e. The first-order chi connectivity index (χ1) is 11.2. The van der Waals surface area contributed by atoms with Gasteiger partial charge in [-0.3, -0.25) is 4.79 Å². The second-order valence-electron chi connectivity index (χ2n) is 5.00. The minimum absolute atomic E-state index is 0.194. The van der Waals surface area contributed by atoms with Crippen LogP contribution in [-0.2, 0) is 4.79 Å². The molecule has 2 N–H and O–H groups in total. The number of aliphatic hydroxyl groups is 1. The van der Waals surface area contributed by atoms with Crippen molar-refractivity contribution in [3.63, 3.8) is 0 Å². The molecular weight excluding hydrogens is 292 g/mol. The smallest absolute Gasteiger partial charge is 0.240 e. The van der Waals surface area contributed by atoms with Crippen molar-refractivity contribution in [3.8, 4) is 5.75 Å². The van der Waals surface area contributed by atoms with Crippen LogP contribution in [-0.4, -0.2) is 24.3 Å². The zero-order valence-electron chi connectivity index (χ0n) is 13.0. The number of rotatable bonds is 7. The summed E-state index contributed by atoms with van der Waals surface area (Å²) < 4.78 is 5.19. The number of aliphatic hydroxyl groups excluding tert-OH is 1. The number of carbonyl (C=O) groups is 1. The van der Waals surface area contributed by atoms with Gasteiger partial charge in [-0.2, -0.15) is 5.10 Å². The van der Waals surface area contributed by atoms with Gasteiger partial charge in [0.15, 0.2) is 0 Å². The van der Waals surface area contributed by atoms with Crippen molar-refractivity contribution in [1.29, 1.82) is 0 Å². The highest BCUT2D eigenvalue weighted by molar-refractivity contribution is 5.85. The number of benzene rings is 2. The van der Waals surface area contributed by atoms with E-state index in [4.69, 9.17) is 4.74 Å². The highest BCUT2D eigenvalue weighted by Crippen LogP contribution is 2.17. The first-order valence-corrected chi connectivity index (χ1v) is 7.38. The summed E-state index contributed by atoms with van der Waals surface area (Å²) in [5.74, 6) is 0.441. The summed E-state index contributed by atoms with van der Waals surface area (Å²) in [4.78, 5) is 11.8. The molecule has 120 valence electrons. The Kier molecular flexibility index (Phi) is 6.32. The predicted molar refractivity (Wildman–Crippen MR) is 89.4 cm³/mol. The Balaban J connectivity index is 1.80. The summed E-state index contributed by atoms with van der Waals surface area (Å²) in [5.41, 5.74) is 4.03. The SMILES string of the molecule is COc1ccccc1/C=N\NC(=O)CC[C@H](O)c1ccccc1. The molecule has 0 aromatic heterocycles. The fourth-order valence-corrected chi connectivity index (χ4v) is 2.11. The van der Waals surface area contributed by atoms with Crippen LogP contribution in [0.5, 0.6) is 5.75 Å². The molecule has 5 heteroatoms. The molecule has 2 rings (SSSR count). The van der Waals surface area contributed by atoms with Crippen molar-refractivity contribution in [2.75, 3.05) is 7.11 Å². The second kappa shape index (κ2) is 8.70. The van der Waals surface area contributed by atoms with Gasteiger partial charge in [-0.05, 0) is 24.1 Å². The number of para-hydroxylation sites is 1. The van der Waals surface area contributed by atoms with Crippen LogP contribution in [0.2, 0.25) is 0 Å². The largest absolute Gasteiger partial charge is 0.496 e. The molecule has 0 aliphatic carbocycles. The molecule has 0 bridgehead atoms. The van der Waals surface area contributed by atoms with Gasteiger partial charge in [0.25, 0.3) is 0 Å². The maximum absolute atomic E-state index is 11.8. The van der Waals surface area contributed by atoms with Crippen LogP contribution >= 0.6 is 0 Å². The number of nitrogens with one attached hydrogen (secondary N) is 1. The van der Waals surface area contributed by atoms with E-state index in [1.165, 1.54) is 6.21 Å². The average Bonchev–Trinajstić information content (AvgIpc) is 2.61. The lowest BCUT2D eigenvalue weighted by Crippen LogP contribution is -2.18.